The third kappa shape index (κ3) is 4.48. The Morgan fingerprint density at radius 1 is 0.952 bits per heavy atom. The van der Waals surface area contributed by atoms with Crippen molar-refractivity contribution in [2.24, 2.45) is 0 Å². The van der Waals surface area contributed by atoms with Crippen LogP contribution in [0.2, 0.25) is 10.0 Å². The molecular weight excluding hydrogens is 311 g/mol. The summed E-state index contributed by atoms with van der Waals surface area (Å²) in [4.78, 5) is 23.5. The van der Waals surface area contributed by atoms with Crippen molar-refractivity contribution in [3.63, 3.8) is 0 Å². The molecule has 21 heavy (non-hydrogen) atoms. The largest absolute Gasteiger partial charge is 0.344 e. The molecule has 0 saturated heterocycles. The van der Waals surface area contributed by atoms with Crippen LogP contribution in [-0.4, -0.2) is 11.8 Å². The first-order valence-electron chi connectivity index (χ1n) is 6.14. The summed E-state index contributed by atoms with van der Waals surface area (Å²) in [5.41, 5.74) is 1.20. The van der Waals surface area contributed by atoms with Gasteiger partial charge in [-0.2, -0.15) is 0 Å². The maximum Gasteiger partial charge on any atom is 0.313 e. The second kappa shape index (κ2) is 7.11. The maximum atomic E-state index is 11.8. The standard InChI is InChI=1S/C15H12Cl2N2O2/c16-11-6-7-12(17)13(8-11)19-15(21)14(20)18-9-10-4-2-1-3-5-10/h1-8H,9H2,(H,18,20)(H,19,21). The fourth-order valence-corrected chi connectivity index (χ4v) is 1.97. The number of nitrogens with one attached hydrogen (secondary N) is 2. The highest BCUT2D eigenvalue weighted by Crippen LogP contribution is 2.25. The van der Waals surface area contributed by atoms with Crippen LogP contribution in [0.1, 0.15) is 5.56 Å². The summed E-state index contributed by atoms with van der Waals surface area (Å²) in [6, 6.07) is 13.9. The molecule has 0 fully saturated rings. The predicted molar refractivity (Wildman–Crippen MR) is 83.4 cm³/mol. The van der Waals surface area contributed by atoms with E-state index in [1.165, 1.54) is 6.07 Å². The van der Waals surface area contributed by atoms with Crippen LogP contribution in [0.25, 0.3) is 0 Å². The van der Waals surface area contributed by atoms with Crippen molar-refractivity contribution in [1.82, 2.24) is 5.32 Å². The van der Waals surface area contributed by atoms with Gasteiger partial charge < -0.3 is 10.6 Å². The number of carbonyl (C=O) groups is 2. The van der Waals surface area contributed by atoms with Crippen molar-refractivity contribution in [3.8, 4) is 0 Å². The second-order valence-corrected chi connectivity index (χ2v) is 5.09. The molecule has 2 amide bonds. The minimum absolute atomic E-state index is 0.274. The van der Waals surface area contributed by atoms with E-state index in [2.05, 4.69) is 10.6 Å². The van der Waals surface area contributed by atoms with Gasteiger partial charge in [0.1, 0.15) is 0 Å². The van der Waals surface area contributed by atoms with Crippen LogP contribution in [0.5, 0.6) is 0 Å². The highest BCUT2D eigenvalue weighted by atomic mass is 35.5. The van der Waals surface area contributed by atoms with E-state index in [0.29, 0.717) is 15.7 Å². The summed E-state index contributed by atoms with van der Waals surface area (Å²) in [6.45, 7) is 0.274. The topological polar surface area (TPSA) is 58.2 Å². The number of amides is 2. The molecule has 0 aliphatic heterocycles. The van der Waals surface area contributed by atoms with Crippen molar-refractivity contribution in [3.05, 3.63) is 64.1 Å². The normalized spacial score (nSPS) is 10.0. The number of halogens is 2. The molecule has 0 saturated carbocycles. The summed E-state index contributed by atoms with van der Waals surface area (Å²) in [6.07, 6.45) is 0. The number of anilines is 1. The molecule has 0 unspecified atom stereocenters. The van der Waals surface area contributed by atoms with E-state index < -0.39 is 11.8 Å². The Morgan fingerprint density at radius 3 is 2.38 bits per heavy atom. The van der Waals surface area contributed by atoms with Crippen molar-refractivity contribution < 1.29 is 9.59 Å². The highest BCUT2D eigenvalue weighted by Gasteiger charge is 2.14. The molecule has 2 aromatic rings. The molecule has 108 valence electrons. The molecule has 0 bridgehead atoms. The number of benzene rings is 2. The molecule has 2 aromatic carbocycles. The molecule has 0 aliphatic carbocycles. The Morgan fingerprint density at radius 2 is 1.67 bits per heavy atom. The third-order valence-corrected chi connectivity index (χ3v) is 3.24. The molecule has 0 heterocycles. The molecule has 4 nitrogen and oxygen atoms in total. The van der Waals surface area contributed by atoms with Gasteiger partial charge >= 0.3 is 11.8 Å². The zero-order chi connectivity index (χ0) is 15.2. The summed E-state index contributed by atoms with van der Waals surface area (Å²) in [5.74, 6) is -1.54. The predicted octanol–water partition coefficient (Wildman–Crippen LogP) is 3.25. The first-order chi connectivity index (χ1) is 10.1. The van der Waals surface area contributed by atoms with E-state index in [9.17, 15) is 9.59 Å². The van der Waals surface area contributed by atoms with Gasteiger partial charge in [0.25, 0.3) is 0 Å². The van der Waals surface area contributed by atoms with Crippen molar-refractivity contribution in [1.29, 1.82) is 0 Å². The lowest BCUT2D eigenvalue weighted by molar-refractivity contribution is -0.136. The van der Waals surface area contributed by atoms with Crippen LogP contribution in [-0.2, 0) is 16.1 Å². The zero-order valence-corrected chi connectivity index (χ0v) is 12.4. The monoisotopic (exact) mass is 322 g/mol. The Hall–Kier alpha value is -2.04. The SMILES string of the molecule is O=C(NCc1ccccc1)C(=O)Nc1cc(Cl)ccc1Cl. The summed E-state index contributed by atoms with van der Waals surface area (Å²) >= 11 is 11.7. The lowest BCUT2D eigenvalue weighted by atomic mass is 10.2. The number of rotatable bonds is 3. The maximum absolute atomic E-state index is 11.8. The lowest BCUT2D eigenvalue weighted by Gasteiger charge is -2.08. The number of hydrogen-bond acceptors (Lipinski definition) is 2. The Kier molecular flexibility index (Phi) is 5.20. The molecular formula is C15H12Cl2N2O2. The minimum Gasteiger partial charge on any atom is -0.344 e. The molecule has 0 aromatic heterocycles. The van der Waals surface area contributed by atoms with Gasteiger partial charge in [0.05, 0.1) is 10.7 Å². The van der Waals surface area contributed by atoms with Gasteiger partial charge in [-0.05, 0) is 23.8 Å². The lowest BCUT2D eigenvalue weighted by Crippen LogP contribution is -2.35. The van der Waals surface area contributed by atoms with E-state index in [0.717, 1.165) is 5.56 Å². The quantitative estimate of drug-likeness (QED) is 0.852. The van der Waals surface area contributed by atoms with Gasteiger partial charge in [-0.1, -0.05) is 53.5 Å². The summed E-state index contributed by atoms with van der Waals surface area (Å²) in [5, 5.41) is 5.67. The van der Waals surface area contributed by atoms with Gasteiger partial charge in [-0.25, -0.2) is 0 Å². The average molecular weight is 323 g/mol. The molecule has 0 atom stereocenters. The van der Waals surface area contributed by atoms with Crippen molar-refractivity contribution >= 4 is 40.7 Å². The minimum atomic E-state index is -0.796. The molecule has 0 aliphatic rings. The Bertz CT molecular complexity index is 660. The van der Waals surface area contributed by atoms with Crippen LogP contribution in [0.4, 0.5) is 5.69 Å². The first-order valence-corrected chi connectivity index (χ1v) is 6.90. The van der Waals surface area contributed by atoms with E-state index in [-0.39, 0.29) is 6.54 Å². The number of hydrogen-bond donors (Lipinski definition) is 2. The smallest absolute Gasteiger partial charge is 0.313 e. The zero-order valence-electron chi connectivity index (χ0n) is 10.9. The van der Waals surface area contributed by atoms with Crippen LogP contribution in [0.3, 0.4) is 0 Å². The van der Waals surface area contributed by atoms with Crippen LogP contribution >= 0.6 is 23.2 Å². The summed E-state index contributed by atoms with van der Waals surface area (Å²) in [7, 11) is 0. The van der Waals surface area contributed by atoms with E-state index in [1.807, 2.05) is 30.3 Å². The van der Waals surface area contributed by atoms with Crippen LogP contribution < -0.4 is 10.6 Å². The van der Waals surface area contributed by atoms with E-state index in [4.69, 9.17) is 23.2 Å². The third-order valence-electron chi connectivity index (χ3n) is 2.68. The highest BCUT2D eigenvalue weighted by molar-refractivity contribution is 6.42. The fourth-order valence-electron chi connectivity index (χ4n) is 1.63. The van der Waals surface area contributed by atoms with Gasteiger partial charge in [0, 0.05) is 11.6 Å². The Labute approximate surface area is 132 Å². The van der Waals surface area contributed by atoms with Gasteiger partial charge in [-0.3, -0.25) is 9.59 Å². The Balaban J connectivity index is 1.94. The molecule has 2 rings (SSSR count). The molecule has 0 radical (unpaired) electrons. The van der Waals surface area contributed by atoms with Crippen LogP contribution in [0, 0.1) is 0 Å². The first kappa shape index (κ1) is 15.4. The average Bonchev–Trinajstić information content (AvgIpc) is 2.49. The fraction of sp³-hybridized carbons (Fsp3) is 0.0667. The van der Waals surface area contributed by atoms with E-state index >= 15 is 0 Å². The molecule has 2 N–H and O–H groups in total. The van der Waals surface area contributed by atoms with Gasteiger partial charge in [0.2, 0.25) is 0 Å². The molecule has 0 spiro atoms. The van der Waals surface area contributed by atoms with Gasteiger partial charge in [0.15, 0.2) is 0 Å². The number of carbonyl (C=O) groups excluding carboxylic acids is 2. The second-order valence-electron chi connectivity index (χ2n) is 4.25. The van der Waals surface area contributed by atoms with E-state index in [1.54, 1.807) is 12.1 Å². The van der Waals surface area contributed by atoms with Gasteiger partial charge in [-0.15, -0.1) is 0 Å². The van der Waals surface area contributed by atoms with Crippen LogP contribution in [0.15, 0.2) is 48.5 Å². The van der Waals surface area contributed by atoms with Crippen molar-refractivity contribution in [2.45, 2.75) is 6.54 Å². The summed E-state index contributed by atoms with van der Waals surface area (Å²) < 4.78 is 0. The van der Waals surface area contributed by atoms with Crippen molar-refractivity contribution in [2.75, 3.05) is 5.32 Å². The molecule has 6 heteroatoms.